The van der Waals surface area contributed by atoms with E-state index in [1.807, 2.05) is 29.3 Å². The SMILES string of the molecule is O=CN1CC2CCC2C1c1ccccn1. The van der Waals surface area contributed by atoms with E-state index < -0.39 is 0 Å². The number of likely N-dealkylation sites (tertiary alicyclic amines) is 1. The molecule has 0 aromatic carbocycles. The third-order valence-corrected chi connectivity index (χ3v) is 3.81. The number of carbonyl (C=O) groups is 1. The molecule has 1 aliphatic carbocycles. The van der Waals surface area contributed by atoms with E-state index in [0.717, 1.165) is 24.6 Å². The number of pyridine rings is 1. The summed E-state index contributed by atoms with van der Waals surface area (Å²) in [5.74, 6) is 1.38. The van der Waals surface area contributed by atoms with Crippen LogP contribution in [0.4, 0.5) is 0 Å². The monoisotopic (exact) mass is 202 g/mol. The number of carbonyl (C=O) groups excluding carboxylic acids is 1. The third kappa shape index (κ3) is 1.26. The van der Waals surface area contributed by atoms with E-state index in [2.05, 4.69) is 4.98 Å². The summed E-state index contributed by atoms with van der Waals surface area (Å²) >= 11 is 0. The van der Waals surface area contributed by atoms with E-state index in [4.69, 9.17) is 0 Å². The molecule has 3 atom stereocenters. The molecule has 2 heterocycles. The average molecular weight is 202 g/mol. The van der Waals surface area contributed by atoms with Crippen LogP contribution >= 0.6 is 0 Å². The molecule has 1 aromatic rings. The minimum Gasteiger partial charge on any atom is -0.336 e. The van der Waals surface area contributed by atoms with Crippen molar-refractivity contribution in [2.75, 3.05) is 6.54 Å². The van der Waals surface area contributed by atoms with Crippen LogP contribution in [-0.4, -0.2) is 22.8 Å². The number of nitrogens with zero attached hydrogens (tertiary/aromatic N) is 2. The zero-order chi connectivity index (χ0) is 10.3. The Balaban J connectivity index is 1.93. The predicted octanol–water partition coefficient (Wildman–Crippen LogP) is 1.62. The van der Waals surface area contributed by atoms with Crippen molar-refractivity contribution >= 4 is 6.41 Å². The third-order valence-electron chi connectivity index (χ3n) is 3.81. The Bertz CT molecular complexity index is 365. The lowest BCUT2D eigenvalue weighted by Crippen LogP contribution is -2.27. The van der Waals surface area contributed by atoms with Gasteiger partial charge in [-0.2, -0.15) is 0 Å². The van der Waals surface area contributed by atoms with Crippen LogP contribution in [0.2, 0.25) is 0 Å². The largest absolute Gasteiger partial charge is 0.336 e. The lowest BCUT2D eigenvalue weighted by atomic mass is 9.72. The molecular weight excluding hydrogens is 188 g/mol. The summed E-state index contributed by atoms with van der Waals surface area (Å²) in [6.07, 6.45) is 5.32. The van der Waals surface area contributed by atoms with Crippen LogP contribution in [-0.2, 0) is 4.79 Å². The van der Waals surface area contributed by atoms with Gasteiger partial charge >= 0.3 is 0 Å². The summed E-state index contributed by atoms with van der Waals surface area (Å²) in [4.78, 5) is 17.3. The molecule has 0 radical (unpaired) electrons. The van der Waals surface area contributed by atoms with Gasteiger partial charge in [-0.15, -0.1) is 0 Å². The lowest BCUT2D eigenvalue weighted by molar-refractivity contribution is -0.119. The minimum atomic E-state index is 0.238. The van der Waals surface area contributed by atoms with E-state index in [-0.39, 0.29) is 6.04 Å². The van der Waals surface area contributed by atoms with E-state index in [1.165, 1.54) is 12.8 Å². The Morgan fingerprint density at radius 3 is 2.93 bits per heavy atom. The predicted molar refractivity (Wildman–Crippen MR) is 56.0 cm³/mol. The summed E-state index contributed by atoms with van der Waals surface area (Å²) in [6, 6.07) is 6.18. The van der Waals surface area contributed by atoms with Crippen molar-refractivity contribution in [3.05, 3.63) is 30.1 Å². The highest BCUT2D eigenvalue weighted by molar-refractivity contribution is 5.50. The molecule has 1 saturated heterocycles. The normalized spacial score (nSPS) is 33.3. The second kappa shape index (κ2) is 3.33. The smallest absolute Gasteiger partial charge is 0.210 e. The van der Waals surface area contributed by atoms with Crippen molar-refractivity contribution in [1.82, 2.24) is 9.88 Å². The molecule has 1 amide bonds. The van der Waals surface area contributed by atoms with Crippen LogP contribution < -0.4 is 0 Å². The highest BCUT2D eigenvalue weighted by Crippen LogP contribution is 2.50. The molecule has 2 fully saturated rings. The second-order valence-corrected chi connectivity index (χ2v) is 4.50. The maximum Gasteiger partial charge on any atom is 0.210 e. The number of hydrogen-bond donors (Lipinski definition) is 0. The summed E-state index contributed by atoms with van der Waals surface area (Å²) in [5.41, 5.74) is 1.05. The first-order valence-corrected chi connectivity index (χ1v) is 5.52. The number of rotatable bonds is 2. The van der Waals surface area contributed by atoms with Gasteiger partial charge in [0.2, 0.25) is 6.41 Å². The van der Waals surface area contributed by atoms with E-state index in [0.29, 0.717) is 5.92 Å². The molecule has 1 aliphatic heterocycles. The fourth-order valence-electron chi connectivity index (χ4n) is 2.92. The van der Waals surface area contributed by atoms with Crippen LogP contribution in [0.15, 0.2) is 24.4 Å². The average Bonchev–Trinajstić information content (AvgIpc) is 2.52. The van der Waals surface area contributed by atoms with Crippen molar-refractivity contribution in [2.24, 2.45) is 11.8 Å². The van der Waals surface area contributed by atoms with Crippen LogP contribution in [0.25, 0.3) is 0 Å². The Hall–Kier alpha value is -1.38. The van der Waals surface area contributed by atoms with Gasteiger partial charge in [0.15, 0.2) is 0 Å². The molecule has 2 aliphatic rings. The number of hydrogen-bond acceptors (Lipinski definition) is 2. The molecule has 3 nitrogen and oxygen atoms in total. The van der Waals surface area contributed by atoms with E-state index in [9.17, 15) is 4.79 Å². The number of aromatic nitrogens is 1. The van der Waals surface area contributed by atoms with Crippen LogP contribution in [0.1, 0.15) is 24.6 Å². The lowest BCUT2D eigenvalue weighted by Gasteiger charge is -2.32. The van der Waals surface area contributed by atoms with E-state index >= 15 is 0 Å². The molecule has 3 unspecified atom stereocenters. The summed E-state index contributed by atoms with van der Waals surface area (Å²) < 4.78 is 0. The van der Waals surface area contributed by atoms with Crippen LogP contribution in [0.5, 0.6) is 0 Å². The zero-order valence-electron chi connectivity index (χ0n) is 8.54. The molecular formula is C12H14N2O. The number of amides is 1. The van der Waals surface area contributed by atoms with E-state index in [1.54, 1.807) is 0 Å². The first kappa shape index (κ1) is 8.89. The van der Waals surface area contributed by atoms with Gasteiger partial charge in [0.1, 0.15) is 0 Å². The molecule has 0 spiro atoms. The summed E-state index contributed by atoms with van der Waals surface area (Å²) in [6.45, 7) is 0.926. The van der Waals surface area contributed by atoms with Crippen molar-refractivity contribution in [3.8, 4) is 0 Å². The second-order valence-electron chi connectivity index (χ2n) is 4.50. The summed E-state index contributed by atoms with van der Waals surface area (Å²) in [7, 11) is 0. The van der Waals surface area contributed by atoms with Gasteiger partial charge in [-0.05, 0) is 36.8 Å². The molecule has 1 aromatic heterocycles. The van der Waals surface area contributed by atoms with Crippen molar-refractivity contribution in [2.45, 2.75) is 18.9 Å². The first-order chi connectivity index (χ1) is 7.40. The molecule has 0 N–H and O–H groups in total. The first-order valence-electron chi connectivity index (χ1n) is 5.52. The minimum absolute atomic E-state index is 0.238. The highest BCUT2D eigenvalue weighted by Gasteiger charge is 2.47. The van der Waals surface area contributed by atoms with Gasteiger partial charge in [-0.1, -0.05) is 6.07 Å². The fraction of sp³-hybridized carbons (Fsp3) is 0.500. The highest BCUT2D eigenvalue weighted by atomic mass is 16.1. The van der Waals surface area contributed by atoms with Gasteiger partial charge < -0.3 is 4.90 Å². The van der Waals surface area contributed by atoms with Crippen molar-refractivity contribution in [3.63, 3.8) is 0 Å². The Labute approximate surface area is 89.1 Å². The Morgan fingerprint density at radius 2 is 2.33 bits per heavy atom. The summed E-state index contributed by atoms with van der Waals surface area (Å²) in [5, 5.41) is 0. The maximum atomic E-state index is 11.0. The maximum absolute atomic E-state index is 11.0. The van der Waals surface area contributed by atoms with Gasteiger partial charge in [0, 0.05) is 12.7 Å². The topological polar surface area (TPSA) is 33.2 Å². The van der Waals surface area contributed by atoms with Crippen molar-refractivity contribution < 1.29 is 4.79 Å². The molecule has 0 bridgehead atoms. The Kier molecular flexibility index (Phi) is 1.97. The Morgan fingerprint density at radius 1 is 1.40 bits per heavy atom. The zero-order valence-corrected chi connectivity index (χ0v) is 8.54. The van der Waals surface area contributed by atoms with Crippen LogP contribution in [0.3, 0.4) is 0 Å². The molecule has 3 heteroatoms. The van der Waals surface area contributed by atoms with Gasteiger partial charge in [0.25, 0.3) is 0 Å². The molecule has 15 heavy (non-hydrogen) atoms. The van der Waals surface area contributed by atoms with Gasteiger partial charge in [-0.3, -0.25) is 9.78 Å². The van der Waals surface area contributed by atoms with Crippen molar-refractivity contribution in [1.29, 1.82) is 0 Å². The quantitative estimate of drug-likeness (QED) is 0.683. The van der Waals surface area contributed by atoms with Crippen LogP contribution in [0, 0.1) is 11.8 Å². The van der Waals surface area contributed by atoms with Gasteiger partial charge in [-0.25, -0.2) is 0 Å². The standard InChI is InChI=1S/C12H14N2O/c15-8-14-7-9-4-5-10(9)12(14)11-3-1-2-6-13-11/h1-3,6,8-10,12H,4-5,7H2. The molecule has 78 valence electrons. The fourth-order valence-corrected chi connectivity index (χ4v) is 2.92. The van der Waals surface area contributed by atoms with Gasteiger partial charge in [0.05, 0.1) is 11.7 Å². The number of fused-ring (bicyclic) bond motifs is 1. The molecule has 1 saturated carbocycles. The molecule has 3 rings (SSSR count).